The summed E-state index contributed by atoms with van der Waals surface area (Å²) in [4.78, 5) is 24.2. The number of ether oxygens (including phenoxy) is 2. The van der Waals surface area contributed by atoms with E-state index in [1.54, 1.807) is 6.92 Å². The van der Waals surface area contributed by atoms with Crippen LogP contribution in [0, 0.1) is 5.89 Å². The lowest BCUT2D eigenvalue weighted by Crippen LogP contribution is -2.45. The summed E-state index contributed by atoms with van der Waals surface area (Å²) in [7, 11) is 0. The number of alkyl carbamates (subject to hydrolysis) is 1. The Labute approximate surface area is 156 Å². The lowest BCUT2D eigenvalue weighted by atomic mass is 9.81. The molecular formula is C16H18Cl3NO4. The maximum Gasteiger partial charge on any atom is 0.407 e. The second kappa shape index (κ2) is 8.79. The molecule has 1 atom stereocenters. The summed E-state index contributed by atoms with van der Waals surface area (Å²) in [6.07, 6.45) is 1.63. The van der Waals surface area contributed by atoms with Crippen molar-refractivity contribution in [2.24, 2.45) is 5.89 Å². The van der Waals surface area contributed by atoms with Gasteiger partial charge in [0.15, 0.2) is 5.75 Å². The average molecular weight is 396 g/mol. The summed E-state index contributed by atoms with van der Waals surface area (Å²) >= 11 is 17.8. The zero-order valence-corrected chi connectivity index (χ0v) is 15.3. The number of amides is 1. The molecule has 1 aliphatic carbocycles. The minimum atomic E-state index is -1.03. The number of hydrogen-bond donors (Lipinski definition) is 1. The number of carbonyl (C=O) groups is 2. The van der Waals surface area contributed by atoms with Crippen LogP contribution in [0.15, 0.2) is 12.1 Å². The van der Waals surface area contributed by atoms with E-state index in [1.165, 1.54) is 12.1 Å². The molecule has 132 valence electrons. The van der Waals surface area contributed by atoms with Crippen molar-refractivity contribution < 1.29 is 20.4 Å². The Hall–Kier alpha value is -1.17. The van der Waals surface area contributed by atoms with Crippen molar-refractivity contribution in [3.05, 3.63) is 27.2 Å². The van der Waals surface area contributed by atoms with Gasteiger partial charge in [0.25, 0.3) is 0 Å². The van der Waals surface area contributed by atoms with E-state index in [0.717, 1.165) is 6.42 Å². The Morgan fingerprint density at radius 1 is 1.29 bits per heavy atom. The quantitative estimate of drug-likeness (QED) is 0.424. The van der Waals surface area contributed by atoms with E-state index < -0.39 is 24.0 Å². The zero-order chi connectivity index (χ0) is 18.6. The van der Waals surface area contributed by atoms with E-state index in [4.69, 9.17) is 45.6 Å². The summed E-state index contributed by atoms with van der Waals surface area (Å²) in [5, 5.41) is 2.97. The third-order valence-electron chi connectivity index (χ3n) is 3.59. The number of benzene rings is 1. The third-order valence-corrected chi connectivity index (χ3v) is 4.61. The van der Waals surface area contributed by atoms with Crippen molar-refractivity contribution >= 4 is 46.9 Å². The van der Waals surface area contributed by atoms with Crippen molar-refractivity contribution in [1.29, 1.82) is 0 Å². The van der Waals surface area contributed by atoms with Crippen LogP contribution in [0.4, 0.5) is 4.79 Å². The van der Waals surface area contributed by atoms with Crippen LogP contribution in [0.5, 0.6) is 5.75 Å². The number of halogens is 3. The van der Waals surface area contributed by atoms with Gasteiger partial charge in [0, 0.05) is 7.44 Å². The first-order chi connectivity index (χ1) is 11.7. The van der Waals surface area contributed by atoms with Gasteiger partial charge < -0.3 is 14.8 Å². The highest BCUT2D eigenvalue weighted by molar-refractivity contribution is 6.43. The molecule has 0 heterocycles. The summed E-state index contributed by atoms with van der Waals surface area (Å²) in [6, 6.07) is 1.66. The van der Waals surface area contributed by atoms with Crippen molar-refractivity contribution in [2.75, 3.05) is 6.61 Å². The molecule has 5 nitrogen and oxygen atoms in total. The van der Waals surface area contributed by atoms with Gasteiger partial charge in [-0.05, 0) is 25.3 Å². The molecule has 0 aliphatic heterocycles. The minimum absolute atomic E-state index is 0.0318. The molecule has 1 aromatic carbocycles. The number of rotatable bonds is 6. The van der Waals surface area contributed by atoms with Gasteiger partial charge in [-0.15, -0.1) is 0 Å². The SMILES string of the molecule is [2H]C1(C[C@H](NC(=O)OCC)C(=O)Oc2cc(Cl)c(Cl)cc2Cl)CCC1. The number of nitrogens with one attached hydrogen (secondary N) is 1. The fourth-order valence-electron chi connectivity index (χ4n) is 2.19. The highest BCUT2D eigenvalue weighted by atomic mass is 35.5. The second-order valence-corrected chi connectivity index (χ2v) is 6.56. The molecule has 1 saturated carbocycles. The molecule has 1 amide bonds. The summed E-state index contributed by atoms with van der Waals surface area (Å²) in [6.45, 7) is 1.82. The Morgan fingerprint density at radius 3 is 2.54 bits per heavy atom. The van der Waals surface area contributed by atoms with E-state index in [9.17, 15) is 9.59 Å². The number of esters is 1. The lowest BCUT2D eigenvalue weighted by molar-refractivity contribution is -0.137. The van der Waals surface area contributed by atoms with E-state index in [0.29, 0.717) is 12.8 Å². The van der Waals surface area contributed by atoms with Crippen LogP contribution in [0.1, 0.15) is 34.0 Å². The molecule has 2 rings (SSSR count). The molecule has 1 N–H and O–H groups in total. The second-order valence-electron chi connectivity index (χ2n) is 5.34. The monoisotopic (exact) mass is 394 g/mol. The van der Waals surface area contributed by atoms with Crippen LogP contribution >= 0.6 is 34.8 Å². The van der Waals surface area contributed by atoms with E-state index >= 15 is 0 Å². The van der Waals surface area contributed by atoms with Crippen LogP contribution < -0.4 is 10.1 Å². The van der Waals surface area contributed by atoms with Gasteiger partial charge >= 0.3 is 12.1 Å². The molecule has 8 heteroatoms. The van der Waals surface area contributed by atoms with Crippen LogP contribution in [-0.2, 0) is 9.53 Å². The van der Waals surface area contributed by atoms with E-state index in [2.05, 4.69) is 5.32 Å². The fraction of sp³-hybridized carbons (Fsp3) is 0.500. The molecule has 0 saturated heterocycles. The number of hydrogen-bond acceptors (Lipinski definition) is 4. The topological polar surface area (TPSA) is 64.6 Å². The Balaban J connectivity index is 2.13. The van der Waals surface area contributed by atoms with Crippen molar-refractivity contribution in [3.63, 3.8) is 0 Å². The van der Waals surface area contributed by atoms with Gasteiger partial charge in [0.1, 0.15) is 6.04 Å². The minimum Gasteiger partial charge on any atom is -0.450 e. The largest absolute Gasteiger partial charge is 0.450 e. The van der Waals surface area contributed by atoms with E-state index in [-0.39, 0.29) is 33.8 Å². The Kier molecular flexibility index (Phi) is 6.46. The maximum atomic E-state index is 12.5. The van der Waals surface area contributed by atoms with Crippen LogP contribution in [0.2, 0.25) is 15.1 Å². The molecule has 1 fully saturated rings. The highest BCUT2D eigenvalue weighted by Gasteiger charge is 2.30. The van der Waals surface area contributed by atoms with Crippen molar-refractivity contribution in [1.82, 2.24) is 5.32 Å². The molecular weight excluding hydrogens is 377 g/mol. The first kappa shape index (κ1) is 17.6. The van der Waals surface area contributed by atoms with Crippen LogP contribution in [0.3, 0.4) is 0 Å². The Morgan fingerprint density at radius 2 is 1.96 bits per heavy atom. The summed E-state index contributed by atoms with van der Waals surface area (Å²) in [5.41, 5.74) is 0. The smallest absolute Gasteiger partial charge is 0.407 e. The summed E-state index contributed by atoms with van der Waals surface area (Å²) in [5.74, 6) is -1.47. The number of carbonyl (C=O) groups excluding carboxylic acids is 2. The first-order valence-electron chi connectivity index (χ1n) is 8.03. The summed E-state index contributed by atoms with van der Waals surface area (Å²) < 4.78 is 18.3. The van der Waals surface area contributed by atoms with Crippen molar-refractivity contribution in [2.45, 2.75) is 38.6 Å². The maximum absolute atomic E-state index is 12.5. The van der Waals surface area contributed by atoms with Gasteiger partial charge in [-0.3, -0.25) is 0 Å². The normalized spacial score (nSPS) is 17.2. The zero-order valence-electron chi connectivity index (χ0n) is 14.0. The predicted octanol–water partition coefficient (Wildman–Crippen LogP) is 4.86. The van der Waals surface area contributed by atoms with Gasteiger partial charge in [0.2, 0.25) is 0 Å². The van der Waals surface area contributed by atoms with Crippen LogP contribution in [0.25, 0.3) is 0 Å². The fourth-order valence-corrected chi connectivity index (χ4v) is 2.77. The van der Waals surface area contributed by atoms with E-state index in [1.807, 2.05) is 0 Å². The molecule has 0 spiro atoms. The third kappa shape index (κ3) is 5.16. The predicted molar refractivity (Wildman–Crippen MR) is 93.0 cm³/mol. The standard InChI is InChI=1S/C16H18Cl3NO4/c1-2-23-16(22)20-13(6-9-4-3-5-9)15(21)24-14-8-11(18)10(17)7-12(14)19/h7-9,13H,2-6H2,1H3,(H,20,22)/t13-/m0/s1/i9D. The van der Waals surface area contributed by atoms with Crippen LogP contribution in [-0.4, -0.2) is 24.7 Å². The molecule has 1 aromatic rings. The molecule has 0 aromatic heterocycles. The van der Waals surface area contributed by atoms with Gasteiger partial charge in [0.05, 0.1) is 21.7 Å². The Bertz CT molecular complexity index is 667. The van der Waals surface area contributed by atoms with Gasteiger partial charge in [-0.2, -0.15) is 0 Å². The first-order valence-corrected chi connectivity index (χ1v) is 8.67. The van der Waals surface area contributed by atoms with Gasteiger partial charge in [-0.25, -0.2) is 9.59 Å². The molecule has 0 unspecified atom stereocenters. The van der Waals surface area contributed by atoms with Crippen molar-refractivity contribution in [3.8, 4) is 5.75 Å². The van der Waals surface area contributed by atoms with Gasteiger partial charge in [-0.1, -0.05) is 54.1 Å². The molecule has 0 bridgehead atoms. The molecule has 24 heavy (non-hydrogen) atoms. The molecule has 0 radical (unpaired) electrons. The lowest BCUT2D eigenvalue weighted by Gasteiger charge is -2.29. The highest BCUT2D eigenvalue weighted by Crippen LogP contribution is 2.35. The average Bonchev–Trinajstić information content (AvgIpc) is 2.50. The molecule has 1 aliphatic rings.